The van der Waals surface area contributed by atoms with Crippen molar-refractivity contribution in [1.82, 2.24) is 4.31 Å². The lowest BCUT2D eigenvalue weighted by atomic mass is 10.0. The second-order valence-corrected chi connectivity index (χ2v) is 9.02. The summed E-state index contributed by atoms with van der Waals surface area (Å²) >= 11 is 0. The number of rotatable bonds is 10. The van der Waals surface area contributed by atoms with E-state index in [9.17, 15) is 26.4 Å². The van der Waals surface area contributed by atoms with E-state index in [1.807, 2.05) is 0 Å². The Morgan fingerprint density at radius 1 is 1.10 bits per heavy atom. The molecule has 1 aliphatic heterocycles. The number of carbonyl (C=O) groups is 1. The lowest BCUT2D eigenvalue weighted by Gasteiger charge is -2.23. The van der Waals surface area contributed by atoms with Crippen molar-refractivity contribution < 1.29 is 31.1 Å². The molecule has 0 spiro atoms. The number of unbranched alkanes of at least 4 members (excludes halogenated alkanes) is 5. The third-order valence-corrected chi connectivity index (χ3v) is 7.00. The Morgan fingerprint density at radius 3 is 2.38 bits per heavy atom. The van der Waals surface area contributed by atoms with Gasteiger partial charge in [-0.3, -0.25) is 4.79 Å². The van der Waals surface area contributed by atoms with Gasteiger partial charge in [0.15, 0.2) is 0 Å². The van der Waals surface area contributed by atoms with Crippen molar-refractivity contribution in [2.45, 2.75) is 75.9 Å². The quantitative estimate of drug-likeness (QED) is 0.380. The largest absolute Gasteiger partial charge is 0.466 e. The lowest BCUT2D eigenvalue weighted by Crippen LogP contribution is -2.31. The van der Waals surface area contributed by atoms with E-state index >= 15 is 0 Å². The second kappa shape index (κ2) is 9.93. The highest BCUT2D eigenvalue weighted by atomic mass is 32.2. The van der Waals surface area contributed by atoms with E-state index in [2.05, 4.69) is 6.92 Å². The number of halogens is 3. The highest BCUT2D eigenvalue weighted by Gasteiger charge is 2.45. The molecule has 0 saturated carbocycles. The summed E-state index contributed by atoms with van der Waals surface area (Å²) in [6.45, 7) is 4.05. The molecule has 1 aromatic carbocycles. The molecule has 9 heteroatoms. The Morgan fingerprint density at radius 2 is 1.76 bits per heavy atom. The minimum absolute atomic E-state index is 0.148. The number of ether oxygens (including phenoxy) is 1. The number of benzene rings is 1. The smallest absolute Gasteiger partial charge is 0.416 e. The predicted molar refractivity (Wildman–Crippen MR) is 103 cm³/mol. The number of nitrogens with zero attached hydrogens (tertiary/aromatic N) is 1. The van der Waals surface area contributed by atoms with E-state index in [-0.39, 0.29) is 30.0 Å². The molecule has 1 aromatic rings. The summed E-state index contributed by atoms with van der Waals surface area (Å²) in [6.07, 6.45) is 0.776. The molecule has 0 bridgehead atoms. The van der Waals surface area contributed by atoms with Crippen LogP contribution in [0, 0.1) is 0 Å². The second-order valence-electron chi connectivity index (χ2n) is 7.16. The number of esters is 1. The molecule has 1 atom stereocenters. The highest BCUT2D eigenvalue weighted by molar-refractivity contribution is 7.89. The maximum absolute atomic E-state index is 13.1. The summed E-state index contributed by atoms with van der Waals surface area (Å²) < 4.78 is 71.3. The van der Waals surface area contributed by atoms with Crippen LogP contribution in [0.3, 0.4) is 0 Å². The van der Waals surface area contributed by atoms with Crippen molar-refractivity contribution in [3.8, 4) is 0 Å². The van der Waals surface area contributed by atoms with Crippen molar-refractivity contribution in [3.63, 3.8) is 0 Å². The number of carbonyl (C=O) groups excluding carboxylic acids is 1. The van der Waals surface area contributed by atoms with Crippen LogP contribution < -0.4 is 0 Å². The molecule has 2 rings (SSSR count). The third-order valence-electron chi connectivity index (χ3n) is 5.03. The van der Waals surface area contributed by atoms with Gasteiger partial charge in [0, 0.05) is 6.54 Å². The van der Waals surface area contributed by atoms with Crippen molar-refractivity contribution in [2.75, 3.05) is 13.2 Å². The molecule has 0 fully saturated rings. The fourth-order valence-corrected chi connectivity index (χ4v) is 5.49. The Hall–Kier alpha value is -1.61. The molecule has 0 aliphatic carbocycles. The minimum atomic E-state index is -4.64. The average molecular weight is 436 g/mol. The van der Waals surface area contributed by atoms with Gasteiger partial charge in [-0.25, -0.2) is 8.42 Å². The zero-order chi connectivity index (χ0) is 21.7. The summed E-state index contributed by atoms with van der Waals surface area (Å²) in [7, 11) is -4.11. The first kappa shape index (κ1) is 23.7. The van der Waals surface area contributed by atoms with Gasteiger partial charge >= 0.3 is 12.1 Å². The monoisotopic (exact) mass is 435 g/mol. The van der Waals surface area contributed by atoms with Gasteiger partial charge in [0.05, 0.1) is 29.5 Å². The van der Waals surface area contributed by atoms with Gasteiger partial charge in [-0.15, -0.1) is 0 Å². The molecule has 164 valence electrons. The average Bonchev–Trinajstić information content (AvgIpc) is 2.84. The molecular formula is C20H28F3NO4S. The zero-order valence-corrected chi connectivity index (χ0v) is 17.6. The number of fused-ring (bicyclic) bond motifs is 1. The molecule has 1 heterocycles. The van der Waals surface area contributed by atoms with E-state index in [4.69, 9.17) is 4.74 Å². The summed E-state index contributed by atoms with van der Waals surface area (Å²) in [5.41, 5.74) is -0.798. The maximum atomic E-state index is 13.1. The van der Waals surface area contributed by atoms with Crippen LogP contribution in [-0.2, 0) is 25.7 Å². The standard InChI is InChI=1S/C20H28F3NO4S/c1-3-5-6-7-8-9-12-24-17(14-19(25)28-4-2)16-11-10-15(20(21,22)23)13-18(16)29(24,26)27/h10-11,13,17H,3-9,12,14H2,1-2H3/t17-/m0/s1. The molecule has 0 N–H and O–H groups in total. The summed E-state index contributed by atoms with van der Waals surface area (Å²) in [5, 5.41) is 0. The SMILES string of the molecule is CCCCCCCCN1[C@@H](CC(=O)OCC)c2ccc(C(F)(F)F)cc2S1(=O)=O. The lowest BCUT2D eigenvalue weighted by molar-refractivity contribution is -0.144. The van der Waals surface area contributed by atoms with Crippen LogP contribution in [-0.4, -0.2) is 31.8 Å². The normalized spacial score (nSPS) is 18.6. The van der Waals surface area contributed by atoms with Crippen LogP contribution in [0.1, 0.15) is 76.0 Å². The van der Waals surface area contributed by atoms with Gasteiger partial charge in [0.25, 0.3) is 0 Å². The Kier molecular flexibility index (Phi) is 8.10. The Balaban J connectivity index is 2.27. The Bertz CT molecular complexity index is 808. The summed E-state index contributed by atoms with van der Waals surface area (Å²) in [5.74, 6) is -0.576. The summed E-state index contributed by atoms with van der Waals surface area (Å²) in [4.78, 5) is 11.6. The van der Waals surface area contributed by atoms with E-state index in [0.717, 1.165) is 42.5 Å². The van der Waals surface area contributed by atoms with Crippen LogP contribution in [0.2, 0.25) is 0 Å². The van der Waals surface area contributed by atoms with E-state index in [1.165, 1.54) is 6.07 Å². The van der Waals surface area contributed by atoms with Gasteiger partial charge in [-0.1, -0.05) is 45.1 Å². The molecule has 0 unspecified atom stereocenters. The number of sulfonamides is 1. The van der Waals surface area contributed by atoms with Gasteiger partial charge < -0.3 is 4.74 Å². The molecule has 29 heavy (non-hydrogen) atoms. The molecule has 0 radical (unpaired) electrons. The number of hydrogen-bond acceptors (Lipinski definition) is 4. The molecule has 0 saturated heterocycles. The van der Waals surface area contributed by atoms with Crippen LogP contribution >= 0.6 is 0 Å². The van der Waals surface area contributed by atoms with Crippen LogP contribution in [0.4, 0.5) is 13.2 Å². The van der Waals surface area contributed by atoms with E-state index in [1.54, 1.807) is 6.92 Å². The minimum Gasteiger partial charge on any atom is -0.466 e. The van der Waals surface area contributed by atoms with Crippen molar-refractivity contribution in [2.24, 2.45) is 0 Å². The zero-order valence-electron chi connectivity index (χ0n) is 16.8. The number of hydrogen-bond donors (Lipinski definition) is 0. The maximum Gasteiger partial charge on any atom is 0.416 e. The fourth-order valence-electron chi connectivity index (χ4n) is 3.57. The van der Waals surface area contributed by atoms with Crippen molar-refractivity contribution in [1.29, 1.82) is 0 Å². The van der Waals surface area contributed by atoms with Crippen molar-refractivity contribution in [3.05, 3.63) is 29.3 Å². The van der Waals surface area contributed by atoms with Gasteiger partial charge in [0.2, 0.25) is 10.0 Å². The molecule has 5 nitrogen and oxygen atoms in total. The first-order valence-electron chi connectivity index (χ1n) is 10.0. The van der Waals surface area contributed by atoms with Crippen LogP contribution in [0.5, 0.6) is 0 Å². The van der Waals surface area contributed by atoms with Gasteiger partial charge in [-0.2, -0.15) is 17.5 Å². The Labute approximate surface area is 170 Å². The first-order chi connectivity index (χ1) is 13.6. The summed E-state index contributed by atoms with van der Waals surface area (Å²) in [6, 6.07) is 1.86. The third kappa shape index (κ3) is 5.72. The van der Waals surface area contributed by atoms with Gasteiger partial charge in [0.1, 0.15) is 0 Å². The van der Waals surface area contributed by atoms with Crippen molar-refractivity contribution >= 4 is 16.0 Å². The van der Waals surface area contributed by atoms with Gasteiger partial charge in [-0.05, 0) is 31.0 Å². The molecule has 0 amide bonds. The topological polar surface area (TPSA) is 63.7 Å². The number of alkyl halides is 3. The fraction of sp³-hybridized carbons (Fsp3) is 0.650. The van der Waals surface area contributed by atoms with E-state index < -0.39 is 33.8 Å². The molecule has 1 aliphatic rings. The van der Waals surface area contributed by atoms with Crippen LogP contribution in [0.25, 0.3) is 0 Å². The molecule has 0 aromatic heterocycles. The van der Waals surface area contributed by atoms with Crippen LogP contribution in [0.15, 0.2) is 23.1 Å². The molecular weight excluding hydrogens is 407 g/mol. The van der Waals surface area contributed by atoms with E-state index in [0.29, 0.717) is 12.5 Å². The first-order valence-corrected chi connectivity index (χ1v) is 11.5. The predicted octanol–water partition coefficient (Wildman–Crippen LogP) is 5.06. The highest BCUT2D eigenvalue weighted by Crippen LogP contribution is 2.44.